The molecule has 0 amide bonds. The lowest BCUT2D eigenvalue weighted by Gasteiger charge is -2.08. The first-order valence-electron chi connectivity index (χ1n) is 4.96. The highest BCUT2D eigenvalue weighted by atomic mass is 35.5. The van der Waals surface area contributed by atoms with E-state index in [-0.39, 0.29) is 25.8 Å². The Morgan fingerprint density at radius 3 is 2.37 bits per heavy atom. The third-order valence-corrected chi connectivity index (χ3v) is 4.76. The van der Waals surface area contributed by atoms with Gasteiger partial charge in [0, 0.05) is 19.3 Å². The quantitative estimate of drug-likeness (QED) is 0.873. The minimum atomic E-state index is -3.87. The normalized spacial score (nSPS) is 11.6. The van der Waals surface area contributed by atoms with Gasteiger partial charge in [0.05, 0.1) is 15.1 Å². The summed E-state index contributed by atoms with van der Waals surface area (Å²) < 4.78 is 28.1. The van der Waals surface area contributed by atoms with Gasteiger partial charge in [-0.2, -0.15) is 5.10 Å². The van der Waals surface area contributed by atoms with E-state index in [0.717, 1.165) is 0 Å². The van der Waals surface area contributed by atoms with Crippen LogP contribution in [0, 0.1) is 0 Å². The van der Waals surface area contributed by atoms with Crippen molar-refractivity contribution >= 4 is 50.6 Å². The van der Waals surface area contributed by atoms with Crippen LogP contribution in [0.1, 0.15) is 0 Å². The van der Waals surface area contributed by atoms with Crippen molar-refractivity contribution in [1.29, 1.82) is 0 Å². The fraction of sp³-hybridized carbons (Fsp3) is 0.100. The molecule has 0 aliphatic rings. The molecule has 5 nitrogen and oxygen atoms in total. The number of sulfonamides is 1. The van der Waals surface area contributed by atoms with E-state index in [1.165, 1.54) is 22.9 Å². The summed E-state index contributed by atoms with van der Waals surface area (Å²) >= 11 is 17.4. The predicted octanol–water partition coefficient (Wildman–Crippen LogP) is 3.18. The molecule has 2 aromatic rings. The van der Waals surface area contributed by atoms with Crippen LogP contribution in [0.4, 0.5) is 5.82 Å². The second-order valence-corrected chi connectivity index (χ2v) is 6.55. The minimum absolute atomic E-state index is 0.0159. The molecule has 102 valence electrons. The van der Waals surface area contributed by atoms with Crippen molar-refractivity contribution in [3.05, 3.63) is 39.5 Å². The Hall–Kier alpha value is -0.950. The van der Waals surface area contributed by atoms with Crippen molar-refractivity contribution in [3.63, 3.8) is 0 Å². The number of aryl methyl sites for hydroxylation is 1. The predicted molar refractivity (Wildman–Crippen MR) is 75.5 cm³/mol. The highest BCUT2D eigenvalue weighted by Crippen LogP contribution is 2.32. The van der Waals surface area contributed by atoms with E-state index in [4.69, 9.17) is 34.8 Å². The van der Waals surface area contributed by atoms with Crippen LogP contribution in [0.3, 0.4) is 0 Å². The third-order valence-electron chi connectivity index (χ3n) is 2.22. The number of aromatic nitrogens is 2. The summed E-state index contributed by atoms with van der Waals surface area (Å²) in [5, 5.41) is 4.19. The van der Waals surface area contributed by atoms with Gasteiger partial charge >= 0.3 is 0 Å². The molecule has 0 fully saturated rings. The number of nitrogens with zero attached hydrogens (tertiary/aromatic N) is 2. The van der Waals surface area contributed by atoms with Crippen molar-refractivity contribution in [2.24, 2.45) is 7.05 Å². The lowest BCUT2D eigenvalue weighted by atomic mass is 10.4. The Balaban J connectivity index is 2.42. The van der Waals surface area contributed by atoms with Gasteiger partial charge in [-0.15, -0.1) is 0 Å². The zero-order valence-electron chi connectivity index (χ0n) is 9.56. The molecule has 0 aliphatic carbocycles. The Labute approximate surface area is 125 Å². The van der Waals surface area contributed by atoms with Gasteiger partial charge in [0.15, 0.2) is 5.82 Å². The number of hydrogen-bond acceptors (Lipinski definition) is 3. The van der Waals surface area contributed by atoms with Crippen LogP contribution in [0.2, 0.25) is 15.1 Å². The maximum Gasteiger partial charge on any atom is 0.264 e. The summed E-state index contributed by atoms with van der Waals surface area (Å²) in [6, 6.07) is 3.99. The van der Waals surface area contributed by atoms with Crippen LogP contribution < -0.4 is 4.72 Å². The number of benzene rings is 1. The van der Waals surface area contributed by atoms with Crippen LogP contribution in [0.15, 0.2) is 29.3 Å². The molecule has 1 aromatic heterocycles. The number of halogens is 3. The molecule has 9 heteroatoms. The Morgan fingerprint density at radius 1 is 1.16 bits per heavy atom. The van der Waals surface area contributed by atoms with Crippen LogP contribution in [0.25, 0.3) is 0 Å². The van der Waals surface area contributed by atoms with Gasteiger partial charge in [0.25, 0.3) is 10.0 Å². The fourth-order valence-corrected chi connectivity index (χ4v) is 3.37. The lowest BCUT2D eigenvalue weighted by Crippen LogP contribution is -2.14. The van der Waals surface area contributed by atoms with Crippen LogP contribution in [-0.4, -0.2) is 18.2 Å². The van der Waals surface area contributed by atoms with E-state index in [9.17, 15) is 8.42 Å². The SMILES string of the molecule is Cn1ccc(NS(=O)(=O)c2cc(Cl)c(Cl)cc2Cl)n1. The highest BCUT2D eigenvalue weighted by Gasteiger charge is 2.20. The smallest absolute Gasteiger partial charge is 0.264 e. The van der Waals surface area contributed by atoms with Gasteiger partial charge in [-0.3, -0.25) is 9.40 Å². The molecule has 1 N–H and O–H groups in total. The zero-order chi connectivity index (χ0) is 14.2. The van der Waals surface area contributed by atoms with Crippen LogP contribution in [0.5, 0.6) is 0 Å². The zero-order valence-corrected chi connectivity index (χ0v) is 12.6. The standard InChI is InChI=1S/C10H8Cl3N3O2S/c1-16-3-2-10(14-16)15-19(17,18)9-5-7(12)6(11)4-8(9)13/h2-5H,1H3,(H,14,15). The Kier molecular flexibility index (Phi) is 3.96. The molecule has 19 heavy (non-hydrogen) atoms. The van der Waals surface area contributed by atoms with Crippen molar-refractivity contribution in [2.45, 2.75) is 4.90 Å². The van der Waals surface area contributed by atoms with Crippen LogP contribution >= 0.6 is 34.8 Å². The van der Waals surface area contributed by atoms with Gasteiger partial charge in [-0.05, 0) is 12.1 Å². The topological polar surface area (TPSA) is 64.0 Å². The molecule has 2 rings (SSSR count). The van der Waals surface area contributed by atoms with E-state index < -0.39 is 10.0 Å². The van der Waals surface area contributed by atoms with E-state index in [0.29, 0.717) is 0 Å². The number of nitrogens with one attached hydrogen (secondary N) is 1. The van der Waals surface area contributed by atoms with E-state index in [1.807, 2.05) is 0 Å². The first-order valence-corrected chi connectivity index (χ1v) is 7.58. The minimum Gasteiger partial charge on any atom is -0.274 e. The molecule has 1 aromatic carbocycles. The molecule has 0 radical (unpaired) electrons. The average Bonchev–Trinajstić information content (AvgIpc) is 2.68. The monoisotopic (exact) mass is 339 g/mol. The Morgan fingerprint density at radius 2 is 1.79 bits per heavy atom. The van der Waals surface area contributed by atoms with Gasteiger partial charge in [0.2, 0.25) is 0 Å². The van der Waals surface area contributed by atoms with Crippen molar-refractivity contribution in [2.75, 3.05) is 4.72 Å². The largest absolute Gasteiger partial charge is 0.274 e. The first-order chi connectivity index (χ1) is 8.79. The number of anilines is 1. The second-order valence-electron chi connectivity index (χ2n) is 3.68. The third kappa shape index (κ3) is 3.14. The van der Waals surface area contributed by atoms with Crippen molar-refractivity contribution in [1.82, 2.24) is 9.78 Å². The van der Waals surface area contributed by atoms with Gasteiger partial charge in [-0.1, -0.05) is 34.8 Å². The summed E-state index contributed by atoms with van der Waals surface area (Å²) in [6.07, 6.45) is 1.61. The Bertz CT molecular complexity index is 728. The van der Waals surface area contributed by atoms with E-state index in [2.05, 4.69) is 9.82 Å². The molecule has 0 aliphatic heterocycles. The number of rotatable bonds is 3. The van der Waals surface area contributed by atoms with E-state index >= 15 is 0 Å². The second kappa shape index (κ2) is 5.20. The lowest BCUT2D eigenvalue weighted by molar-refractivity contribution is 0.601. The molecule has 0 atom stereocenters. The average molecular weight is 341 g/mol. The summed E-state index contributed by atoms with van der Waals surface area (Å²) in [4.78, 5) is -0.158. The molecule has 0 saturated carbocycles. The first kappa shape index (κ1) is 14.5. The molecule has 0 spiro atoms. The van der Waals surface area contributed by atoms with E-state index in [1.54, 1.807) is 13.2 Å². The summed E-state index contributed by atoms with van der Waals surface area (Å²) in [5.41, 5.74) is 0. The van der Waals surface area contributed by atoms with Gasteiger partial charge in [0.1, 0.15) is 4.90 Å². The molecule has 1 heterocycles. The maximum atomic E-state index is 12.1. The fourth-order valence-electron chi connectivity index (χ4n) is 1.37. The van der Waals surface area contributed by atoms with Crippen molar-refractivity contribution in [3.8, 4) is 0 Å². The summed E-state index contributed by atoms with van der Waals surface area (Å²) in [6.45, 7) is 0. The van der Waals surface area contributed by atoms with Crippen LogP contribution in [-0.2, 0) is 17.1 Å². The molecule has 0 unspecified atom stereocenters. The molecular weight excluding hydrogens is 333 g/mol. The van der Waals surface area contributed by atoms with Crippen molar-refractivity contribution < 1.29 is 8.42 Å². The number of hydrogen-bond donors (Lipinski definition) is 1. The molecule has 0 saturated heterocycles. The summed E-state index contributed by atoms with van der Waals surface area (Å²) in [7, 11) is -2.20. The maximum absolute atomic E-state index is 12.1. The molecule has 0 bridgehead atoms. The summed E-state index contributed by atoms with van der Waals surface area (Å²) in [5.74, 6) is 0.185. The highest BCUT2D eigenvalue weighted by molar-refractivity contribution is 7.92. The van der Waals surface area contributed by atoms with Gasteiger partial charge in [-0.25, -0.2) is 8.42 Å². The van der Waals surface area contributed by atoms with Gasteiger partial charge < -0.3 is 0 Å². The molecular formula is C10H8Cl3N3O2S.